The summed E-state index contributed by atoms with van der Waals surface area (Å²) in [5, 5.41) is 12.7. The number of methoxy groups -OCH3 is 1. The van der Waals surface area contributed by atoms with Gasteiger partial charge in [-0.25, -0.2) is 0 Å². The molecule has 1 heterocycles. The lowest BCUT2D eigenvalue weighted by atomic mass is 10.1. The molecule has 0 aliphatic heterocycles. The standard InChI is InChI=1S/C13H13N3O/c1-17-13-5-3-11(4-6-13)12-9-15-16(10-12)8-2-7-14/h3-6,9-10H,2,8H2,1H3. The predicted molar refractivity (Wildman–Crippen MR) is 64.4 cm³/mol. The summed E-state index contributed by atoms with van der Waals surface area (Å²) in [6.07, 6.45) is 4.22. The number of hydrogen-bond acceptors (Lipinski definition) is 3. The zero-order chi connectivity index (χ0) is 12.1. The third kappa shape index (κ3) is 2.64. The lowest BCUT2D eigenvalue weighted by Gasteiger charge is -2.00. The maximum absolute atomic E-state index is 8.50. The number of aryl methyl sites for hydroxylation is 1. The van der Waals surface area contributed by atoms with Crippen LogP contribution in [0.3, 0.4) is 0 Å². The third-order valence-corrected chi connectivity index (χ3v) is 2.51. The molecular formula is C13H13N3O. The van der Waals surface area contributed by atoms with E-state index in [-0.39, 0.29) is 0 Å². The predicted octanol–water partition coefficient (Wildman–Crippen LogP) is 2.47. The van der Waals surface area contributed by atoms with Crippen LogP contribution in [0.5, 0.6) is 5.75 Å². The second kappa shape index (κ2) is 5.17. The molecule has 0 saturated carbocycles. The van der Waals surface area contributed by atoms with E-state index in [1.165, 1.54) is 0 Å². The topological polar surface area (TPSA) is 50.8 Å². The first-order valence-corrected chi connectivity index (χ1v) is 5.37. The van der Waals surface area contributed by atoms with Crippen molar-refractivity contribution in [2.75, 3.05) is 7.11 Å². The zero-order valence-electron chi connectivity index (χ0n) is 9.63. The Morgan fingerprint density at radius 2 is 2.06 bits per heavy atom. The number of nitrogens with zero attached hydrogens (tertiary/aromatic N) is 3. The Balaban J connectivity index is 2.16. The van der Waals surface area contributed by atoms with E-state index >= 15 is 0 Å². The van der Waals surface area contributed by atoms with E-state index in [0.717, 1.165) is 16.9 Å². The molecule has 0 N–H and O–H groups in total. The summed E-state index contributed by atoms with van der Waals surface area (Å²) in [7, 11) is 1.65. The molecule has 0 aliphatic rings. The molecule has 4 nitrogen and oxygen atoms in total. The third-order valence-electron chi connectivity index (χ3n) is 2.51. The summed E-state index contributed by atoms with van der Waals surface area (Å²) >= 11 is 0. The molecule has 2 rings (SSSR count). The summed E-state index contributed by atoms with van der Waals surface area (Å²) in [5.41, 5.74) is 2.14. The molecule has 0 unspecified atom stereocenters. The second-order valence-electron chi connectivity index (χ2n) is 3.63. The zero-order valence-corrected chi connectivity index (χ0v) is 9.63. The van der Waals surface area contributed by atoms with Crippen LogP contribution in [0.1, 0.15) is 6.42 Å². The normalized spacial score (nSPS) is 9.88. The molecule has 0 amide bonds. The van der Waals surface area contributed by atoms with E-state index in [0.29, 0.717) is 13.0 Å². The SMILES string of the molecule is COc1ccc(-c2cnn(CCC#N)c2)cc1. The van der Waals surface area contributed by atoms with Gasteiger partial charge in [0.25, 0.3) is 0 Å². The van der Waals surface area contributed by atoms with Crippen LogP contribution in [0.2, 0.25) is 0 Å². The minimum absolute atomic E-state index is 0.476. The Hall–Kier alpha value is -2.28. The van der Waals surface area contributed by atoms with E-state index in [2.05, 4.69) is 11.2 Å². The summed E-state index contributed by atoms with van der Waals surface area (Å²) in [4.78, 5) is 0. The Morgan fingerprint density at radius 1 is 1.29 bits per heavy atom. The van der Waals surface area contributed by atoms with Crippen molar-refractivity contribution in [2.45, 2.75) is 13.0 Å². The highest BCUT2D eigenvalue weighted by atomic mass is 16.5. The molecule has 0 bridgehead atoms. The molecule has 0 radical (unpaired) electrons. The average Bonchev–Trinajstić information content (AvgIpc) is 2.85. The van der Waals surface area contributed by atoms with Gasteiger partial charge in [-0.05, 0) is 17.7 Å². The fraction of sp³-hybridized carbons (Fsp3) is 0.231. The van der Waals surface area contributed by atoms with Crippen LogP contribution in [0.4, 0.5) is 0 Å². The van der Waals surface area contributed by atoms with E-state index in [4.69, 9.17) is 10.00 Å². The Kier molecular flexibility index (Phi) is 3.41. The molecule has 17 heavy (non-hydrogen) atoms. The molecule has 4 heteroatoms. The Bertz CT molecular complexity index is 522. The van der Waals surface area contributed by atoms with Crippen LogP contribution in [-0.2, 0) is 6.54 Å². The van der Waals surface area contributed by atoms with Crippen molar-refractivity contribution in [3.8, 4) is 22.9 Å². The van der Waals surface area contributed by atoms with Gasteiger partial charge < -0.3 is 4.74 Å². The maximum Gasteiger partial charge on any atom is 0.118 e. The fourth-order valence-corrected chi connectivity index (χ4v) is 1.58. The Labute approximate surface area is 100 Å². The molecule has 86 valence electrons. The van der Waals surface area contributed by atoms with Crippen molar-refractivity contribution in [3.05, 3.63) is 36.7 Å². The second-order valence-corrected chi connectivity index (χ2v) is 3.63. The first-order valence-electron chi connectivity index (χ1n) is 5.37. The highest BCUT2D eigenvalue weighted by molar-refractivity contribution is 5.62. The van der Waals surface area contributed by atoms with Crippen molar-refractivity contribution in [1.82, 2.24) is 9.78 Å². The molecule has 1 aromatic carbocycles. The monoisotopic (exact) mass is 227 g/mol. The van der Waals surface area contributed by atoms with E-state index in [9.17, 15) is 0 Å². The van der Waals surface area contributed by atoms with Gasteiger partial charge in [0.2, 0.25) is 0 Å². The lowest BCUT2D eigenvalue weighted by Crippen LogP contribution is -1.96. The van der Waals surface area contributed by atoms with Crippen LogP contribution in [-0.4, -0.2) is 16.9 Å². The fourth-order valence-electron chi connectivity index (χ4n) is 1.58. The highest BCUT2D eigenvalue weighted by Gasteiger charge is 2.01. The van der Waals surface area contributed by atoms with Gasteiger partial charge in [-0.1, -0.05) is 12.1 Å². The molecule has 0 fully saturated rings. The summed E-state index contributed by atoms with van der Waals surface area (Å²) < 4.78 is 6.89. The van der Waals surface area contributed by atoms with Crippen molar-refractivity contribution in [3.63, 3.8) is 0 Å². The van der Waals surface area contributed by atoms with E-state index in [1.54, 1.807) is 18.0 Å². The molecule has 0 atom stereocenters. The first kappa shape index (κ1) is 11.2. The molecule has 1 aromatic heterocycles. The van der Waals surface area contributed by atoms with Gasteiger partial charge in [0.15, 0.2) is 0 Å². The van der Waals surface area contributed by atoms with Gasteiger partial charge in [-0.15, -0.1) is 0 Å². The minimum Gasteiger partial charge on any atom is -0.497 e. The highest BCUT2D eigenvalue weighted by Crippen LogP contribution is 2.21. The summed E-state index contributed by atoms with van der Waals surface area (Å²) in [6, 6.07) is 9.92. The van der Waals surface area contributed by atoms with Crippen molar-refractivity contribution >= 4 is 0 Å². The first-order chi connectivity index (χ1) is 8.33. The molecule has 0 spiro atoms. The van der Waals surface area contributed by atoms with Crippen molar-refractivity contribution < 1.29 is 4.74 Å². The summed E-state index contributed by atoms with van der Waals surface area (Å²) in [5.74, 6) is 0.839. The van der Waals surface area contributed by atoms with Crippen molar-refractivity contribution in [2.24, 2.45) is 0 Å². The largest absolute Gasteiger partial charge is 0.497 e. The smallest absolute Gasteiger partial charge is 0.118 e. The number of nitriles is 1. The van der Waals surface area contributed by atoms with Crippen LogP contribution >= 0.6 is 0 Å². The number of aromatic nitrogens is 2. The molecular weight excluding hydrogens is 214 g/mol. The van der Waals surface area contributed by atoms with Gasteiger partial charge in [0.05, 0.1) is 32.3 Å². The van der Waals surface area contributed by atoms with Gasteiger partial charge in [-0.3, -0.25) is 4.68 Å². The number of hydrogen-bond donors (Lipinski definition) is 0. The quantitative estimate of drug-likeness (QED) is 0.806. The lowest BCUT2D eigenvalue weighted by molar-refractivity contribution is 0.415. The van der Waals surface area contributed by atoms with Gasteiger partial charge in [-0.2, -0.15) is 10.4 Å². The number of ether oxygens (including phenoxy) is 1. The maximum atomic E-state index is 8.50. The van der Waals surface area contributed by atoms with Gasteiger partial charge in [0, 0.05) is 11.8 Å². The van der Waals surface area contributed by atoms with Crippen LogP contribution < -0.4 is 4.74 Å². The van der Waals surface area contributed by atoms with Crippen LogP contribution in [0, 0.1) is 11.3 Å². The molecule has 2 aromatic rings. The van der Waals surface area contributed by atoms with Gasteiger partial charge >= 0.3 is 0 Å². The van der Waals surface area contributed by atoms with E-state index in [1.807, 2.05) is 30.5 Å². The number of rotatable bonds is 4. The van der Waals surface area contributed by atoms with Gasteiger partial charge in [0.1, 0.15) is 5.75 Å². The van der Waals surface area contributed by atoms with Crippen LogP contribution in [0.15, 0.2) is 36.7 Å². The van der Waals surface area contributed by atoms with Crippen LogP contribution in [0.25, 0.3) is 11.1 Å². The van der Waals surface area contributed by atoms with E-state index < -0.39 is 0 Å². The van der Waals surface area contributed by atoms with Crippen molar-refractivity contribution in [1.29, 1.82) is 5.26 Å². The number of benzene rings is 1. The minimum atomic E-state index is 0.476. The molecule has 0 saturated heterocycles. The average molecular weight is 227 g/mol. The Morgan fingerprint density at radius 3 is 2.71 bits per heavy atom. The summed E-state index contributed by atoms with van der Waals surface area (Å²) in [6.45, 7) is 0.632. The molecule has 0 aliphatic carbocycles.